The second-order valence-electron chi connectivity index (χ2n) is 8.84. The Kier molecular flexibility index (Phi) is 6.40. The van der Waals surface area contributed by atoms with E-state index in [4.69, 9.17) is 0 Å². The number of aromatic amines is 1. The maximum atomic E-state index is 13.7. The molecule has 10 heteroatoms. The second kappa shape index (κ2) is 9.11. The lowest BCUT2D eigenvalue weighted by atomic mass is 9.91. The zero-order valence-electron chi connectivity index (χ0n) is 19.0. The van der Waals surface area contributed by atoms with E-state index in [2.05, 4.69) is 15.6 Å². The number of likely N-dealkylation sites (tertiary alicyclic amines) is 2. The van der Waals surface area contributed by atoms with Crippen LogP contribution in [0.15, 0.2) is 24.4 Å². The molecule has 1 aromatic carbocycles. The zero-order chi connectivity index (χ0) is 23.9. The Labute approximate surface area is 191 Å². The average molecular weight is 460 g/mol. The lowest BCUT2D eigenvalue weighted by Gasteiger charge is -2.31. The Morgan fingerprint density at radius 1 is 1.30 bits per heavy atom. The van der Waals surface area contributed by atoms with E-state index in [1.807, 2.05) is 6.20 Å². The van der Waals surface area contributed by atoms with Gasteiger partial charge in [-0.25, -0.2) is 4.39 Å². The molecular formula is C23H30FN5O4. The Morgan fingerprint density at radius 2 is 2.06 bits per heavy atom. The number of halogens is 1. The number of aliphatic hydroxyl groups excluding tert-OH is 1. The summed E-state index contributed by atoms with van der Waals surface area (Å²) in [7, 11) is 1.64. The molecule has 0 saturated carbocycles. The molecule has 5 unspecified atom stereocenters. The maximum absolute atomic E-state index is 13.7. The quantitative estimate of drug-likeness (QED) is 0.496. The van der Waals surface area contributed by atoms with E-state index >= 15 is 0 Å². The standard InChI is InChI=1S/C23H30FN5O4/c1-12(25-3)22(32)27-19(11-30)23(33)28-7-6-20-21(28)17(10-29(20)13(2)31)16-9-26-18-8-14(24)4-5-15(16)18/h4-5,8-9,12,17,19-21,25-26,30H,6-7,10-11H2,1-3H3,(H,27,32). The Bertz CT molecular complexity index is 1070. The first-order chi connectivity index (χ1) is 15.8. The molecule has 5 atom stereocenters. The van der Waals surface area contributed by atoms with Gasteiger partial charge >= 0.3 is 0 Å². The predicted octanol–water partition coefficient (Wildman–Crippen LogP) is 0.307. The van der Waals surface area contributed by atoms with Gasteiger partial charge in [0.2, 0.25) is 17.7 Å². The lowest BCUT2D eigenvalue weighted by molar-refractivity contribution is -0.139. The third-order valence-corrected chi connectivity index (χ3v) is 7.01. The van der Waals surface area contributed by atoms with Gasteiger partial charge in [0.1, 0.15) is 11.9 Å². The van der Waals surface area contributed by atoms with Crippen molar-refractivity contribution in [2.45, 2.75) is 50.4 Å². The zero-order valence-corrected chi connectivity index (χ0v) is 19.0. The van der Waals surface area contributed by atoms with Gasteiger partial charge in [-0.15, -0.1) is 0 Å². The van der Waals surface area contributed by atoms with Crippen molar-refractivity contribution in [2.75, 3.05) is 26.7 Å². The molecule has 0 radical (unpaired) electrons. The number of aliphatic hydroxyl groups is 1. The van der Waals surface area contributed by atoms with Crippen LogP contribution >= 0.6 is 0 Å². The van der Waals surface area contributed by atoms with Crippen molar-refractivity contribution >= 4 is 28.6 Å². The van der Waals surface area contributed by atoms with Gasteiger partial charge in [-0.3, -0.25) is 14.4 Å². The molecule has 3 heterocycles. The van der Waals surface area contributed by atoms with Crippen LogP contribution in [0.3, 0.4) is 0 Å². The monoisotopic (exact) mass is 459 g/mol. The van der Waals surface area contributed by atoms with Crippen molar-refractivity contribution in [1.29, 1.82) is 0 Å². The summed E-state index contributed by atoms with van der Waals surface area (Å²) in [6.45, 7) is 3.51. The molecule has 2 aliphatic heterocycles. The Balaban J connectivity index is 1.66. The van der Waals surface area contributed by atoms with Crippen molar-refractivity contribution in [1.82, 2.24) is 25.4 Å². The molecule has 178 valence electrons. The maximum Gasteiger partial charge on any atom is 0.247 e. The van der Waals surface area contributed by atoms with Gasteiger partial charge < -0.3 is 30.5 Å². The van der Waals surface area contributed by atoms with Gasteiger partial charge in [-0.1, -0.05) is 0 Å². The minimum absolute atomic E-state index is 0.0671. The van der Waals surface area contributed by atoms with Crippen LogP contribution in [0.2, 0.25) is 0 Å². The summed E-state index contributed by atoms with van der Waals surface area (Å²) in [5, 5.41) is 16.2. The van der Waals surface area contributed by atoms with Crippen molar-refractivity contribution in [3.05, 3.63) is 35.8 Å². The van der Waals surface area contributed by atoms with Gasteiger partial charge in [0.15, 0.2) is 0 Å². The van der Waals surface area contributed by atoms with Crippen LogP contribution in [0.4, 0.5) is 4.39 Å². The van der Waals surface area contributed by atoms with E-state index in [1.54, 1.807) is 29.8 Å². The number of aromatic nitrogens is 1. The molecule has 2 aromatic rings. The number of rotatable bonds is 6. The number of hydrogen-bond donors (Lipinski definition) is 4. The summed E-state index contributed by atoms with van der Waals surface area (Å²) in [5.41, 5.74) is 1.57. The first-order valence-corrected chi connectivity index (χ1v) is 11.2. The molecule has 3 amide bonds. The van der Waals surface area contributed by atoms with Crippen LogP contribution in [0.1, 0.15) is 31.7 Å². The SMILES string of the molecule is CNC(C)C(=O)NC(CO)C(=O)N1CCC2C1C(c1c[nH]c3cc(F)ccc13)CN2C(C)=O. The number of amides is 3. The van der Waals surface area contributed by atoms with Gasteiger partial charge in [0, 0.05) is 43.0 Å². The van der Waals surface area contributed by atoms with E-state index < -0.39 is 18.7 Å². The number of carbonyl (C=O) groups is 3. The van der Waals surface area contributed by atoms with Crippen molar-refractivity contribution in [2.24, 2.45) is 0 Å². The smallest absolute Gasteiger partial charge is 0.247 e. The molecule has 0 bridgehead atoms. The Morgan fingerprint density at radius 3 is 2.73 bits per heavy atom. The number of hydrogen-bond acceptors (Lipinski definition) is 5. The molecule has 1 aromatic heterocycles. The van der Waals surface area contributed by atoms with Crippen LogP contribution in [-0.2, 0) is 14.4 Å². The molecule has 33 heavy (non-hydrogen) atoms. The largest absolute Gasteiger partial charge is 0.394 e. The number of benzene rings is 1. The molecule has 4 rings (SSSR count). The summed E-state index contributed by atoms with van der Waals surface area (Å²) in [5.74, 6) is -1.35. The van der Waals surface area contributed by atoms with Gasteiger partial charge in [-0.05, 0) is 44.2 Å². The summed E-state index contributed by atoms with van der Waals surface area (Å²) in [6, 6.07) is 2.47. The predicted molar refractivity (Wildman–Crippen MR) is 120 cm³/mol. The van der Waals surface area contributed by atoms with Crippen LogP contribution in [-0.4, -0.2) is 88.5 Å². The van der Waals surface area contributed by atoms with Crippen molar-refractivity contribution < 1.29 is 23.9 Å². The summed E-state index contributed by atoms with van der Waals surface area (Å²) in [4.78, 5) is 44.7. The van der Waals surface area contributed by atoms with E-state index in [-0.39, 0.29) is 41.5 Å². The fourth-order valence-electron chi connectivity index (χ4n) is 5.22. The average Bonchev–Trinajstić information content (AvgIpc) is 3.49. The van der Waals surface area contributed by atoms with E-state index in [1.165, 1.54) is 19.1 Å². The first-order valence-electron chi connectivity index (χ1n) is 11.2. The molecular weight excluding hydrogens is 429 g/mol. The minimum atomic E-state index is -1.07. The molecule has 2 fully saturated rings. The van der Waals surface area contributed by atoms with Crippen LogP contribution in [0, 0.1) is 5.82 Å². The lowest BCUT2D eigenvalue weighted by Crippen LogP contribution is -2.55. The highest BCUT2D eigenvalue weighted by atomic mass is 19.1. The molecule has 2 saturated heterocycles. The van der Waals surface area contributed by atoms with Crippen LogP contribution in [0.5, 0.6) is 0 Å². The fraction of sp³-hybridized carbons (Fsp3) is 0.522. The number of likely N-dealkylation sites (N-methyl/N-ethyl adjacent to an activating group) is 1. The van der Waals surface area contributed by atoms with Crippen LogP contribution < -0.4 is 10.6 Å². The first kappa shape index (κ1) is 23.2. The van der Waals surface area contributed by atoms with Crippen molar-refractivity contribution in [3.8, 4) is 0 Å². The van der Waals surface area contributed by atoms with E-state index in [0.717, 1.165) is 10.9 Å². The van der Waals surface area contributed by atoms with E-state index in [9.17, 15) is 23.9 Å². The highest BCUT2D eigenvalue weighted by Gasteiger charge is 2.52. The fourth-order valence-corrected chi connectivity index (χ4v) is 5.22. The molecule has 0 spiro atoms. The third kappa shape index (κ3) is 4.08. The number of fused-ring (bicyclic) bond motifs is 2. The number of H-pyrrole nitrogens is 1. The topological polar surface area (TPSA) is 118 Å². The van der Waals surface area contributed by atoms with E-state index in [0.29, 0.717) is 25.0 Å². The number of nitrogens with zero attached hydrogens (tertiary/aromatic N) is 2. The molecule has 4 N–H and O–H groups in total. The Hall–Kier alpha value is -2.98. The third-order valence-electron chi connectivity index (χ3n) is 7.01. The minimum Gasteiger partial charge on any atom is -0.394 e. The molecule has 0 aliphatic carbocycles. The molecule has 9 nitrogen and oxygen atoms in total. The number of carbonyl (C=O) groups excluding carboxylic acids is 3. The summed E-state index contributed by atoms with van der Waals surface area (Å²) >= 11 is 0. The molecule has 2 aliphatic rings. The van der Waals surface area contributed by atoms with Gasteiger partial charge in [-0.2, -0.15) is 0 Å². The summed E-state index contributed by atoms with van der Waals surface area (Å²) in [6.07, 6.45) is 2.43. The highest BCUT2D eigenvalue weighted by molar-refractivity contribution is 5.90. The van der Waals surface area contributed by atoms with Gasteiger partial charge in [0.05, 0.1) is 24.7 Å². The van der Waals surface area contributed by atoms with Crippen molar-refractivity contribution in [3.63, 3.8) is 0 Å². The van der Waals surface area contributed by atoms with Crippen LogP contribution in [0.25, 0.3) is 10.9 Å². The van der Waals surface area contributed by atoms with Gasteiger partial charge in [0.25, 0.3) is 0 Å². The summed E-state index contributed by atoms with van der Waals surface area (Å²) < 4.78 is 13.7. The normalized spacial score (nSPS) is 24.1. The second-order valence-corrected chi connectivity index (χ2v) is 8.84. The number of nitrogens with one attached hydrogen (secondary N) is 3. The highest BCUT2D eigenvalue weighted by Crippen LogP contribution is 2.43.